The van der Waals surface area contributed by atoms with Gasteiger partial charge in [0.15, 0.2) is 0 Å². The summed E-state index contributed by atoms with van der Waals surface area (Å²) in [5.74, 6) is 0. The number of rotatable bonds is 7. The van der Waals surface area contributed by atoms with Crippen LogP contribution in [0.25, 0.3) is 22.2 Å². The number of aromatic amines is 1. The van der Waals surface area contributed by atoms with Gasteiger partial charge in [-0.05, 0) is 44.2 Å². The van der Waals surface area contributed by atoms with Crippen LogP contribution in [0.4, 0.5) is 0 Å². The number of hydrogen-bond acceptors (Lipinski definition) is 4. The lowest BCUT2D eigenvalue weighted by Crippen LogP contribution is -2.26. The highest BCUT2D eigenvalue weighted by Crippen LogP contribution is 2.26. The summed E-state index contributed by atoms with van der Waals surface area (Å²) in [6.07, 6.45) is 12.6. The Labute approximate surface area is 171 Å². The van der Waals surface area contributed by atoms with E-state index < -0.39 is 0 Å². The van der Waals surface area contributed by atoms with Crippen molar-refractivity contribution >= 4 is 23.5 Å². The lowest BCUT2D eigenvalue weighted by Gasteiger charge is -2.10. The van der Waals surface area contributed by atoms with Gasteiger partial charge in [0.25, 0.3) is 0 Å². The molecule has 5 nitrogen and oxygen atoms in total. The van der Waals surface area contributed by atoms with E-state index in [4.69, 9.17) is 4.99 Å². The fraction of sp³-hybridized carbons (Fsp3) is 0.292. The van der Waals surface area contributed by atoms with E-state index in [0.29, 0.717) is 12.7 Å². The largest absolute Gasteiger partial charge is 0.345 e. The molecule has 5 heteroatoms. The predicted octanol–water partition coefficient (Wildman–Crippen LogP) is 5.03. The molecule has 2 aromatic heterocycles. The third kappa shape index (κ3) is 4.51. The molecule has 0 unspecified atom stereocenters. The van der Waals surface area contributed by atoms with E-state index >= 15 is 0 Å². The van der Waals surface area contributed by atoms with Crippen molar-refractivity contribution < 1.29 is 0 Å². The summed E-state index contributed by atoms with van der Waals surface area (Å²) in [7, 11) is 0. The molecule has 0 bridgehead atoms. The first kappa shape index (κ1) is 19.3. The number of nitrogens with one attached hydrogen (secondary N) is 2. The van der Waals surface area contributed by atoms with Crippen LogP contribution in [-0.4, -0.2) is 35.1 Å². The lowest BCUT2D eigenvalue weighted by atomic mass is 10.0. The highest BCUT2D eigenvalue weighted by Gasteiger charge is 2.14. The summed E-state index contributed by atoms with van der Waals surface area (Å²) in [4.78, 5) is 16.6. The zero-order chi connectivity index (χ0) is 20.1. The number of fused-ring (bicyclic) bond motifs is 1. The average molecular weight is 386 g/mol. The number of hydrogen-bond donors (Lipinski definition) is 2. The monoisotopic (exact) mass is 385 g/mol. The van der Waals surface area contributed by atoms with Crippen molar-refractivity contribution in [1.82, 2.24) is 15.3 Å². The van der Waals surface area contributed by atoms with Crippen LogP contribution in [0.5, 0.6) is 0 Å². The van der Waals surface area contributed by atoms with Crippen LogP contribution < -0.4 is 5.32 Å². The van der Waals surface area contributed by atoms with Gasteiger partial charge in [-0.2, -0.15) is 0 Å². The van der Waals surface area contributed by atoms with Gasteiger partial charge in [-0.15, -0.1) is 0 Å². The number of H-pyrrole nitrogens is 1. The quantitative estimate of drug-likeness (QED) is 0.560. The number of benzene rings is 1. The fourth-order valence-electron chi connectivity index (χ4n) is 3.86. The number of nitrogens with zero attached hydrogens (tertiary/aromatic N) is 3. The van der Waals surface area contributed by atoms with Crippen LogP contribution >= 0.6 is 0 Å². The third-order valence-corrected chi connectivity index (χ3v) is 5.51. The van der Waals surface area contributed by atoms with Crippen molar-refractivity contribution in [1.29, 1.82) is 0 Å². The van der Waals surface area contributed by atoms with Crippen molar-refractivity contribution in [2.24, 2.45) is 9.98 Å². The summed E-state index contributed by atoms with van der Waals surface area (Å²) < 4.78 is 0. The minimum Gasteiger partial charge on any atom is -0.345 e. The second-order valence-corrected chi connectivity index (χ2v) is 7.57. The van der Waals surface area contributed by atoms with Crippen LogP contribution in [-0.2, 0) is 0 Å². The van der Waals surface area contributed by atoms with Gasteiger partial charge in [0.1, 0.15) is 5.65 Å². The molecular weight excluding hydrogens is 358 g/mol. The van der Waals surface area contributed by atoms with Gasteiger partial charge >= 0.3 is 0 Å². The minimum absolute atomic E-state index is 0.583. The number of aliphatic imine (C=N–C) groups is 2. The molecule has 0 aliphatic heterocycles. The van der Waals surface area contributed by atoms with Crippen LogP contribution in [0.2, 0.25) is 0 Å². The molecule has 1 saturated carbocycles. The Bertz CT molecular complexity index is 1040. The molecule has 0 spiro atoms. The maximum Gasteiger partial charge on any atom is 0.137 e. The minimum atomic E-state index is 0.583. The molecule has 1 aliphatic carbocycles. The molecule has 3 aromatic rings. The summed E-state index contributed by atoms with van der Waals surface area (Å²) in [5, 5.41) is 4.60. The van der Waals surface area contributed by atoms with Crippen molar-refractivity contribution in [3.63, 3.8) is 0 Å². The van der Waals surface area contributed by atoms with Gasteiger partial charge in [-0.1, -0.05) is 42.7 Å². The SMILES string of the molecule is C=N/C=C\C(=N/CNC1CCCC1)c1c[nH]c2ncc(-c3ccc(C)cc3)cc12. The maximum atomic E-state index is 4.81. The Morgan fingerprint density at radius 1 is 1.24 bits per heavy atom. The molecule has 0 radical (unpaired) electrons. The number of aryl methyl sites for hydroxylation is 1. The van der Waals surface area contributed by atoms with Crippen molar-refractivity contribution in [2.75, 3.05) is 6.67 Å². The second-order valence-electron chi connectivity index (χ2n) is 7.57. The molecule has 148 valence electrons. The Hall–Kier alpha value is -3.05. The molecule has 2 heterocycles. The summed E-state index contributed by atoms with van der Waals surface area (Å²) in [6, 6.07) is 11.3. The molecule has 0 amide bonds. The number of aromatic nitrogens is 2. The van der Waals surface area contributed by atoms with E-state index in [1.165, 1.54) is 31.2 Å². The van der Waals surface area contributed by atoms with Crippen LogP contribution in [0.15, 0.2) is 65.0 Å². The number of pyridine rings is 1. The molecule has 1 aromatic carbocycles. The van der Waals surface area contributed by atoms with Crippen LogP contribution in [0.3, 0.4) is 0 Å². The van der Waals surface area contributed by atoms with E-state index in [-0.39, 0.29) is 0 Å². The normalized spacial score (nSPS) is 15.6. The van der Waals surface area contributed by atoms with E-state index in [1.807, 2.05) is 18.5 Å². The molecule has 2 N–H and O–H groups in total. The molecule has 0 atom stereocenters. The topological polar surface area (TPSA) is 65.4 Å². The summed E-state index contributed by atoms with van der Waals surface area (Å²) >= 11 is 0. The van der Waals surface area contributed by atoms with E-state index in [1.54, 1.807) is 6.20 Å². The summed E-state index contributed by atoms with van der Waals surface area (Å²) in [5.41, 5.74) is 6.24. The molecule has 4 rings (SSSR count). The van der Waals surface area contributed by atoms with Crippen molar-refractivity contribution in [3.05, 3.63) is 66.1 Å². The third-order valence-electron chi connectivity index (χ3n) is 5.51. The van der Waals surface area contributed by atoms with Gasteiger partial charge < -0.3 is 4.98 Å². The number of allylic oxidation sites excluding steroid dienone is 1. The molecule has 1 fully saturated rings. The predicted molar refractivity (Wildman–Crippen MR) is 122 cm³/mol. The van der Waals surface area contributed by atoms with Gasteiger partial charge in [0.2, 0.25) is 0 Å². The van der Waals surface area contributed by atoms with Crippen LogP contribution in [0, 0.1) is 6.92 Å². The average Bonchev–Trinajstić information content (AvgIpc) is 3.40. The van der Waals surface area contributed by atoms with Crippen molar-refractivity contribution in [3.8, 4) is 11.1 Å². The van der Waals surface area contributed by atoms with Crippen molar-refractivity contribution in [2.45, 2.75) is 38.6 Å². The smallest absolute Gasteiger partial charge is 0.137 e. The first-order valence-electron chi connectivity index (χ1n) is 10.2. The highest BCUT2D eigenvalue weighted by molar-refractivity contribution is 6.16. The van der Waals surface area contributed by atoms with Crippen LogP contribution in [0.1, 0.15) is 36.8 Å². The summed E-state index contributed by atoms with van der Waals surface area (Å²) in [6.45, 7) is 6.24. The zero-order valence-electron chi connectivity index (χ0n) is 16.9. The Morgan fingerprint density at radius 2 is 2.03 bits per heavy atom. The van der Waals surface area contributed by atoms with Gasteiger partial charge in [0, 0.05) is 41.1 Å². The van der Waals surface area contributed by atoms with E-state index in [9.17, 15) is 0 Å². The second kappa shape index (κ2) is 8.97. The molecule has 29 heavy (non-hydrogen) atoms. The fourth-order valence-corrected chi connectivity index (χ4v) is 3.86. The first-order valence-corrected chi connectivity index (χ1v) is 10.2. The lowest BCUT2D eigenvalue weighted by molar-refractivity contribution is 0.536. The highest BCUT2D eigenvalue weighted by atomic mass is 15.0. The Morgan fingerprint density at radius 3 is 2.79 bits per heavy atom. The maximum absolute atomic E-state index is 4.81. The Balaban J connectivity index is 1.66. The molecule has 0 saturated heterocycles. The molecular formula is C24H27N5. The van der Waals surface area contributed by atoms with Gasteiger partial charge in [-0.3, -0.25) is 15.3 Å². The standard InChI is InChI=1S/C24H27N5/c1-17-7-9-18(10-8-17)19-13-21-22(15-27-24(21)26-14-19)23(11-12-25-2)29-16-28-20-5-3-4-6-20/h7-15,20,28H,2-6,16H2,1H3,(H,26,27)/b12-11-,29-23+. The van der Waals surface area contributed by atoms with Gasteiger partial charge in [0.05, 0.1) is 12.4 Å². The molecule has 1 aliphatic rings. The van der Waals surface area contributed by atoms with Gasteiger partial charge in [-0.25, -0.2) is 4.98 Å². The zero-order valence-corrected chi connectivity index (χ0v) is 16.9. The van der Waals surface area contributed by atoms with E-state index in [2.05, 4.69) is 64.3 Å². The first-order chi connectivity index (χ1) is 14.2. The Kier molecular flexibility index (Phi) is 5.96. The van der Waals surface area contributed by atoms with E-state index in [0.717, 1.165) is 33.4 Å².